The largest absolute Gasteiger partial charge is 0.449 e. The topological polar surface area (TPSA) is 134 Å². The fourth-order valence-corrected chi connectivity index (χ4v) is 3.18. The summed E-state index contributed by atoms with van der Waals surface area (Å²) in [4.78, 5) is 11.2. The first-order valence-electron chi connectivity index (χ1n) is 5.86. The first-order valence-corrected chi connectivity index (χ1v) is 7.30. The van der Waals surface area contributed by atoms with Gasteiger partial charge in [0.15, 0.2) is 5.84 Å². The van der Waals surface area contributed by atoms with Gasteiger partial charge in [0, 0.05) is 6.54 Å². The van der Waals surface area contributed by atoms with Gasteiger partial charge in [-0.3, -0.25) is 0 Å². The highest BCUT2D eigenvalue weighted by Crippen LogP contribution is 2.19. The fraction of sp³-hybridized carbons (Fsp3) is 0.778. The lowest BCUT2D eigenvalue weighted by Gasteiger charge is -2.33. The molecule has 1 fully saturated rings. The zero-order chi connectivity index (χ0) is 14.5. The summed E-state index contributed by atoms with van der Waals surface area (Å²) in [6.45, 7) is 1.81. The van der Waals surface area contributed by atoms with Gasteiger partial charge in [-0.15, -0.1) is 0 Å². The maximum absolute atomic E-state index is 12.0. The molecule has 19 heavy (non-hydrogen) atoms. The average molecular weight is 294 g/mol. The summed E-state index contributed by atoms with van der Waals surface area (Å²) in [5.41, 5.74) is 5.47. The molecule has 0 bridgehead atoms. The van der Waals surface area contributed by atoms with Gasteiger partial charge in [0.05, 0.1) is 12.6 Å². The molecule has 9 nitrogen and oxygen atoms in total. The Hall–Kier alpha value is -1.55. The number of ether oxygens (including phenoxy) is 1. The smallest absolute Gasteiger partial charge is 0.421 e. The van der Waals surface area contributed by atoms with Crippen LogP contribution in [0.5, 0.6) is 0 Å². The highest BCUT2D eigenvalue weighted by atomic mass is 32.2. The Morgan fingerprint density at radius 2 is 2.26 bits per heavy atom. The maximum Gasteiger partial charge on any atom is 0.421 e. The predicted molar refractivity (Wildman–Crippen MR) is 66.8 cm³/mol. The first kappa shape index (κ1) is 15.5. The van der Waals surface area contributed by atoms with Crippen molar-refractivity contribution in [1.29, 1.82) is 0 Å². The molecule has 0 spiro atoms. The van der Waals surface area contributed by atoms with Crippen molar-refractivity contribution in [3.8, 4) is 0 Å². The first-order chi connectivity index (χ1) is 8.92. The second-order valence-electron chi connectivity index (χ2n) is 3.97. The van der Waals surface area contributed by atoms with E-state index in [4.69, 9.17) is 10.9 Å². The average Bonchev–Trinajstić information content (AvgIpc) is 2.37. The number of rotatable bonds is 4. The highest BCUT2D eigenvalue weighted by Gasteiger charge is 2.36. The lowest BCUT2D eigenvalue weighted by Crippen LogP contribution is -2.55. The second-order valence-corrected chi connectivity index (χ2v) is 5.60. The number of nitrogens with two attached hydrogens (primary N) is 1. The number of hydrogen-bond donors (Lipinski definition) is 3. The Morgan fingerprint density at radius 3 is 2.84 bits per heavy atom. The number of carbonyl (C=O) groups is 1. The number of amides is 1. The minimum atomic E-state index is -4.07. The Labute approximate surface area is 111 Å². The predicted octanol–water partition coefficient (Wildman–Crippen LogP) is -0.422. The van der Waals surface area contributed by atoms with Gasteiger partial charge in [-0.05, 0) is 19.8 Å². The van der Waals surface area contributed by atoms with Crippen LogP contribution >= 0.6 is 0 Å². The van der Waals surface area contributed by atoms with Crippen molar-refractivity contribution >= 4 is 22.1 Å². The van der Waals surface area contributed by atoms with Crippen molar-refractivity contribution < 1.29 is 23.2 Å². The van der Waals surface area contributed by atoms with Gasteiger partial charge in [0.25, 0.3) is 0 Å². The van der Waals surface area contributed by atoms with Crippen LogP contribution in [0.2, 0.25) is 0 Å². The summed E-state index contributed by atoms with van der Waals surface area (Å²) in [6, 6.07) is -0.759. The summed E-state index contributed by atoms with van der Waals surface area (Å²) in [5.74, 6) is -0.200. The molecule has 1 unspecified atom stereocenters. The molecule has 1 saturated heterocycles. The van der Waals surface area contributed by atoms with E-state index < -0.39 is 22.3 Å². The zero-order valence-corrected chi connectivity index (χ0v) is 11.4. The molecule has 0 aromatic heterocycles. The highest BCUT2D eigenvalue weighted by molar-refractivity contribution is 7.87. The SMILES string of the molecule is CCOC(=O)NS(=O)(=O)N1CCCCC1C(N)=NO. The van der Waals surface area contributed by atoms with E-state index in [1.165, 1.54) is 0 Å². The van der Waals surface area contributed by atoms with E-state index in [0.29, 0.717) is 12.8 Å². The van der Waals surface area contributed by atoms with Gasteiger partial charge >= 0.3 is 16.3 Å². The minimum absolute atomic E-state index is 0.0605. The molecule has 110 valence electrons. The third-order valence-electron chi connectivity index (χ3n) is 2.71. The molecular formula is C9H18N4O5S. The van der Waals surface area contributed by atoms with Crippen molar-refractivity contribution in [3.63, 3.8) is 0 Å². The Bertz CT molecular complexity index is 450. The number of oxime groups is 1. The van der Waals surface area contributed by atoms with Crippen molar-refractivity contribution in [2.75, 3.05) is 13.2 Å². The molecule has 4 N–H and O–H groups in total. The summed E-state index contributed by atoms with van der Waals surface area (Å²) in [6.07, 6.45) is 0.775. The summed E-state index contributed by atoms with van der Waals surface area (Å²) >= 11 is 0. The van der Waals surface area contributed by atoms with E-state index in [-0.39, 0.29) is 19.0 Å². The molecule has 1 heterocycles. The van der Waals surface area contributed by atoms with Gasteiger partial charge in [0.2, 0.25) is 0 Å². The molecule has 10 heteroatoms. The lowest BCUT2D eigenvalue weighted by molar-refractivity contribution is 0.157. The molecule has 0 aromatic rings. The second kappa shape index (κ2) is 6.57. The molecule has 0 saturated carbocycles. The summed E-state index contributed by atoms with van der Waals surface area (Å²) in [5, 5.41) is 11.5. The van der Waals surface area contributed by atoms with Crippen LogP contribution in [0, 0.1) is 0 Å². The summed E-state index contributed by atoms with van der Waals surface area (Å²) in [7, 11) is -4.07. The van der Waals surface area contributed by atoms with E-state index in [2.05, 4.69) is 9.89 Å². The van der Waals surface area contributed by atoms with Crippen molar-refractivity contribution in [3.05, 3.63) is 0 Å². The third-order valence-corrected chi connectivity index (χ3v) is 4.19. The zero-order valence-electron chi connectivity index (χ0n) is 10.6. The van der Waals surface area contributed by atoms with Crippen LogP contribution in [-0.4, -0.2) is 49.1 Å². The Kier molecular flexibility index (Phi) is 5.36. The summed E-state index contributed by atoms with van der Waals surface area (Å²) < 4.78 is 31.4. The van der Waals surface area contributed by atoms with Crippen molar-refractivity contribution in [1.82, 2.24) is 9.03 Å². The standard InChI is InChI=1S/C9H18N4O5S/c1-2-18-9(14)12-19(16,17)13-6-4-3-5-7(13)8(10)11-15/h7,15H,2-6H2,1H3,(H2,10,11)(H,12,14). The van der Waals surface area contributed by atoms with E-state index in [9.17, 15) is 13.2 Å². The van der Waals surface area contributed by atoms with Crippen LogP contribution in [0.3, 0.4) is 0 Å². The monoisotopic (exact) mass is 294 g/mol. The van der Waals surface area contributed by atoms with Crippen LogP contribution < -0.4 is 10.5 Å². The van der Waals surface area contributed by atoms with Crippen LogP contribution in [0.15, 0.2) is 5.16 Å². The van der Waals surface area contributed by atoms with Gasteiger partial charge in [0.1, 0.15) is 0 Å². The number of nitrogens with one attached hydrogen (secondary N) is 1. The number of piperidine rings is 1. The van der Waals surface area contributed by atoms with Crippen LogP contribution in [0.25, 0.3) is 0 Å². The van der Waals surface area contributed by atoms with E-state index in [1.807, 2.05) is 0 Å². The van der Waals surface area contributed by atoms with Gasteiger partial charge in [-0.1, -0.05) is 11.6 Å². The van der Waals surface area contributed by atoms with E-state index >= 15 is 0 Å². The van der Waals surface area contributed by atoms with Crippen LogP contribution in [0.4, 0.5) is 4.79 Å². The van der Waals surface area contributed by atoms with Gasteiger partial charge in [-0.2, -0.15) is 12.7 Å². The quantitative estimate of drug-likeness (QED) is 0.279. The lowest BCUT2D eigenvalue weighted by atomic mass is 10.0. The molecule has 0 aromatic carbocycles. The van der Waals surface area contributed by atoms with Crippen molar-refractivity contribution in [2.45, 2.75) is 32.2 Å². The molecule has 1 rings (SSSR count). The minimum Gasteiger partial charge on any atom is -0.449 e. The third kappa shape index (κ3) is 3.96. The molecule has 1 aliphatic heterocycles. The molecule has 0 radical (unpaired) electrons. The van der Waals surface area contributed by atoms with Crippen LogP contribution in [0.1, 0.15) is 26.2 Å². The molecule has 1 aliphatic rings. The number of hydrogen-bond acceptors (Lipinski definition) is 6. The molecule has 1 atom stereocenters. The van der Waals surface area contributed by atoms with Crippen molar-refractivity contribution in [2.24, 2.45) is 10.9 Å². The van der Waals surface area contributed by atoms with Gasteiger partial charge < -0.3 is 15.7 Å². The van der Waals surface area contributed by atoms with E-state index in [0.717, 1.165) is 10.7 Å². The normalized spacial score (nSPS) is 21.9. The Balaban J connectivity index is 2.87. The number of nitrogens with zero attached hydrogens (tertiary/aromatic N) is 2. The van der Waals surface area contributed by atoms with Gasteiger partial charge in [-0.25, -0.2) is 9.52 Å². The molecule has 0 aliphatic carbocycles. The van der Waals surface area contributed by atoms with Crippen LogP contribution in [-0.2, 0) is 14.9 Å². The number of amidine groups is 1. The maximum atomic E-state index is 12.0. The number of carbonyl (C=O) groups excluding carboxylic acids is 1. The Morgan fingerprint density at radius 1 is 1.58 bits per heavy atom. The molecule has 1 amide bonds. The molecular weight excluding hydrogens is 276 g/mol. The fourth-order valence-electron chi connectivity index (χ4n) is 1.88. The van der Waals surface area contributed by atoms with E-state index in [1.54, 1.807) is 11.6 Å².